The molecule has 0 radical (unpaired) electrons. The van der Waals surface area contributed by atoms with Crippen molar-refractivity contribution >= 4 is 34.6 Å². The average molecular weight is 458 g/mol. The first-order valence-corrected chi connectivity index (χ1v) is 11.0. The van der Waals surface area contributed by atoms with E-state index < -0.39 is 17.5 Å². The van der Waals surface area contributed by atoms with Crippen molar-refractivity contribution in [3.05, 3.63) is 69.7 Å². The first kappa shape index (κ1) is 21.8. The van der Waals surface area contributed by atoms with Gasteiger partial charge in [0.15, 0.2) is 11.6 Å². The van der Waals surface area contributed by atoms with Crippen molar-refractivity contribution < 1.29 is 18.4 Å². The number of urea groups is 1. The predicted molar refractivity (Wildman–Crippen MR) is 118 cm³/mol. The van der Waals surface area contributed by atoms with E-state index in [1.54, 1.807) is 4.90 Å². The van der Waals surface area contributed by atoms with E-state index in [0.717, 1.165) is 36.3 Å². The Morgan fingerprint density at radius 3 is 2.53 bits per heavy atom. The van der Waals surface area contributed by atoms with Crippen LogP contribution in [0.5, 0.6) is 0 Å². The lowest BCUT2D eigenvalue weighted by atomic mass is 10.1. The van der Waals surface area contributed by atoms with Crippen molar-refractivity contribution in [1.29, 1.82) is 0 Å². The third kappa shape index (κ3) is 4.75. The van der Waals surface area contributed by atoms with Crippen LogP contribution in [0.4, 0.5) is 25.0 Å². The zero-order chi connectivity index (χ0) is 22.7. The molecular weight excluding hydrogens is 436 g/mol. The number of aryl methyl sites for hydroxylation is 1. The van der Waals surface area contributed by atoms with Gasteiger partial charge in [0.1, 0.15) is 5.01 Å². The number of hydrogen-bond acceptors (Lipinski definition) is 5. The summed E-state index contributed by atoms with van der Waals surface area (Å²) < 4.78 is 26.4. The Balaban J connectivity index is 1.43. The number of anilines is 2. The molecule has 0 unspecified atom stereocenters. The fourth-order valence-electron chi connectivity index (χ4n) is 3.51. The summed E-state index contributed by atoms with van der Waals surface area (Å²) in [5, 5.41) is 14.0. The smallest absolute Gasteiger partial charge is 0.320 e. The van der Waals surface area contributed by atoms with Crippen LogP contribution in [0.15, 0.2) is 42.5 Å². The Morgan fingerprint density at radius 2 is 1.81 bits per heavy atom. The van der Waals surface area contributed by atoms with Gasteiger partial charge in [-0.2, -0.15) is 0 Å². The van der Waals surface area contributed by atoms with Gasteiger partial charge in [-0.1, -0.05) is 30.4 Å². The summed E-state index contributed by atoms with van der Waals surface area (Å²) in [6.45, 7) is 2.64. The minimum atomic E-state index is -1.06. The molecule has 1 saturated heterocycles. The first-order valence-electron chi connectivity index (χ1n) is 10.2. The Kier molecular flexibility index (Phi) is 6.40. The third-order valence-electron chi connectivity index (χ3n) is 5.22. The third-order valence-corrected chi connectivity index (χ3v) is 6.25. The highest BCUT2D eigenvalue weighted by molar-refractivity contribution is 7.13. The van der Waals surface area contributed by atoms with Crippen molar-refractivity contribution in [3.63, 3.8) is 0 Å². The number of aromatic nitrogens is 2. The summed E-state index contributed by atoms with van der Waals surface area (Å²) >= 11 is 1.07. The van der Waals surface area contributed by atoms with E-state index in [1.165, 1.54) is 11.6 Å². The maximum atomic E-state index is 13.4. The van der Waals surface area contributed by atoms with Crippen LogP contribution in [0.3, 0.4) is 0 Å². The Bertz CT molecular complexity index is 1140. The molecule has 166 valence electrons. The molecule has 1 atom stereocenters. The van der Waals surface area contributed by atoms with Gasteiger partial charge < -0.3 is 15.5 Å². The SMILES string of the molecule is CCc1ccc(NC(=O)N2CCC[C@H]2c2nnc(C(=O)Nc3ccc(F)c(F)c3)s2)cc1. The van der Waals surface area contributed by atoms with Crippen LogP contribution < -0.4 is 10.6 Å². The topological polar surface area (TPSA) is 87.2 Å². The number of carbonyl (C=O) groups is 2. The van der Waals surface area contributed by atoms with Gasteiger partial charge in [-0.15, -0.1) is 10.2 Å². The second-order valence-corrected chi connectivity index (χ2v) is 8.37. The van der Waals surface area contributed by atoms with Crippen LogP contribution in [0.25, 0.3) is 0 Å². The van der Waals surface area contributed by atoms with Gasteiger partial charge in [0.25, 0.3) is 5.91 Å². The highest BCUT2D eigenvalue weighted by atomic mass is 32.1. The molecule has 1 aromatic heterocycles. The van der Waals surface area contributed by atoms with E-state index >= 15 is 0 Å². The number of likely N-dealkylation sites (tertiary alicyclic amines) is 1. The molecule has 3 amide bonds. The molecule has 7 nitrogen and oxygen atoms in total. The zero-order valence-corrected chi connectivity index (χ0v) is 18.1. The van der Waals surface area contributed by atoms with Gasteiger partial charge in [0, 0.05) is 24.0 Å². The standard InChI is InChI=1S/C22H21F2N5O2S/c1-2-13-5-7-14(8-6-13)26-22(31)29-11-3-4-18(29)20-27-28-21(32-20)19(30)25-15-9-10-16(23)17(24)12-15/h5-10,12,18H,2-4,11H2,1H3,(H,25,30)(H,26,31)/t18-/m0/s1. The first-order chi connectivity index (χ1) is 15.4. The van der Waals surface area contributed by atoms with Gasteiger partial charge >= 0.3 is 6.03 Å². The molecule has 32 heavy (non-hydrogen) atoms. The highest BCUT2D eigenvalue weighted by Gasteiger charge is 2.33. The molecule has 1 aliphatic rings. The molecule has 0 bridgehead atoms. The van der Waals surface area contributed by atoms with Crippen LogP contribution in [-0.2, 0) is 6.42 Å². The lowest BCUT2D eigenvalue weighted by Crippen LogP contribution is -2.34. The Morgan fingerprint density at radius 1 is 1.06 bits per heavy atom. The second kappa shape index (κ2) is 9.39. The summed E-state index contributed by atoms with van der Waals surface area (Å²) in [7, 11) is 0. The quantitative estimate of drug-likeness (QED) is 0.565. The van der Waals surface area contributed by atoms with Crippen LogP contribution >= 0.6 is 11.3 Å². The van der Waals surface area contributed by atoms with Gasteiger partial charge in [-0.05, 0) is 49.1 Å². The minimum Gasteiger partial charge on any atom is -0.320 e. The minimum absolute atomic E-state index is 0.0761. The molecule has 1 fully saturated rings. The van der Waals surface area contributed by atoms with Gasteiger partial charge in [-0.25, -0.2) is 13.6 Å². The van der Waals surface area contributed by atoms with Crippen molar-refractivity contribution in [2.75, 3.05) is 17.2 Å². The summed E-state index contributed by atoms with van der Waals surface area (Å²) in [5.74, 6) is -2.63. The second-order valence-electron chi connectivity index (χ2n) is 7.36. The number of rotatable bonds is 5. The molecule has 2 aromatic carbocycles. The largest absolute Gasteiger partial charge is 0.322 e. The van der Waals surface area contributed by atoms with Gasteiger partial charge in [-0.3, -0.25) is 4.79 Å². The number of nitrogens with zero attached hydrogens (tertiary/aromatic N) is 3. The fraction of sp³-hybridized carbons (Fsp3) is 0.273. The molecule has 4 rings (SSSR count). The number of halogens is 2. The van der Waals surface area contributed by atoms with Gasteiger partial charge in [0.05, 0.1) is 6.04 Å². The summed E-state index contributed by atoms with van der Waals surface area (Å²) in [6, 6.07) is 10.2. The Hall–Kier alpha value is -3.40. The van der Waals surface area contributed by atoms with Gasteiger partial charge in [0.2, 0.25) is 5.01 Å². The van der Waals surface area contributed by atoms with E-state index in [1.807, 2.05) is 24.3 Å². The number of hydrogen-bond donors (Lipinski definition) is 2. The summed E-state index contributed by atoms with van der Waals surface area (Å²) in [6.07, 6.45) is 2.44. The van der Waals surface area contributed by atoms with Crippen LogP contribution in [0.1, 0.15) is 46.2 Å². The Labute approximate surface area is 187 Å². The van der Waals surface area contributed by atoms with E-state index in [-0.39, 0.29) is 22.8 Å². The number of carbonyl (C=O) groups excluding carboxylic acids is 2. The lowest BCUT2D eigenvalue weighted by Gasteiger charge is -2.23. The van der Waals surface area contributed by atoms with Crippen LogP contribution in [0.2, 0.25) is 0 Å². The summed E-state index contributed by atoms with van der Waals surface area (Å²) in [4.78, 5) is 26.9. The molecule has 3 aromatic rings. The number of benzene rings is 2. The van der Waals surface area contributed by atoms with E-state index in [4.69, 9.17) is 0 Å². The van der Waals surface area contributed by atoms with E-state index in [0.29, 0.717) is 23.7 Å². The predicted octanol–water partition coefficient (Wildman–Crippen LogP) is 5.00. The molecule has 1 aliphatic heterocycles. The molecule has 10 heteroatoms. The van der Waals surface area contributed by atoms with Crippen molar-refractivity contribution in [3.8, 4) is 0 Å². The molecule has 0 spiro atoms. The molecule has 2 heterocycles. The maximum absolute atomic E-state index is 13.4. The zero-order valence-electron chi connectivity index (χ0n) is 17.3. The number of amides is 3. The van der Waals surface area contributed by atoms with E-state index in [9.17, 15) is 18.4 Å². The van der Waals surface area contributed by atoms with Crippen molar-refractivity contribution in [1.82, 2.24) is 15.1 Å². The summed E-state index contributed by atoms with van der Waals surface area (Å²) in [5.41, 5.74) is 2.01. The molecule has 0 saturated carbocycles. The van der Waals surface area contributed by atoms with Crippen molar-refractivity contribution in [2.45, 2.75) is 32.2 Å². The molecule has 0 aliphatic carbocycles. The number of nitrogens with one attached hydrogen (secondary N) is 2. The van der Waals surface area contributed by atoms with Crippen LogP contribution in [-0.4, -0.2) is 33.6 Å². The molecular formula is C22H21F2N5O2S. The normalized spacial score (nSPS) is 15.6. The maximum Gasteiger partial charge on any atom is 0.322 e. The van der Waals surface area contributed by atoms with Crippen molar-refractivity contribution in [2.24, 2.45) is 0 Å². The fourth-order valence-corrected chi connectivity index (χ4v) is 4.39. The molecule has 2 N–H and O–H groups in total. The van der Waals surface area contributed by atoms with Crippen LogP contribution in [0, 0.1) is 11.6 Å². The highest BCUT2D eigenvalue weighted by Crippen LogP contribution is 2.34. The lowest BCUT2D eigenvalue weighted by molar-refractivity contribution is 0.102. The average Bonchev–Trinajstić information content (AvgIpc) is 3.46. The monoisotopic (exact) mass is 457 g/mol. The van der Waals surface area contributed by atoms with E-state index in [2.05, 4.69) is 27.8 Å².